The number of carbonyl (C=O) groups excluding carboxylic acids is 2. The number of rotatable bonds is 6. The molecule has 0 saturated carbocycles. The van der Waals surface area contributed by atoms with Crippen LogP contribution in [-0.4, -0.2) is 79.7 Å². The Labute approximate surface area is 233 Å². The molecule has 3 heterocycles. The lowest BCUT2D eigenvalue weighted by Gasteiger charge is -2.38. The van der Waals surface area contributed by atoms with Crippen LogP contribution in [0.15, 0.2) is 53.4 Å². The Bertz CT molecular complexity index is 1490. The molecule has 3 atom stereocenters. The highest BCUT2D eigenvalue weighted by molar-refractivity contribution is 7.89. The molecule has 3 N–H and O–H groups in total. The second kappa shape index (κ2) is 11.3. The van der Waals surface area contributed by atoms with Gasteiger partial charge in [0.1, 0.15) is 10.6 Å². The van der Waals surface area contributed by atoms with Crippen molar-refractivity contribution in [1.29, 1.82) is 0 Å². The molecule has 208 valence electrons. The maximum Gasteiger partial charge on any atom is 0.267 e. The van der Waals surface area contributed by atoms with Gasteiger partial charge in [0.2, 0.25) is 15.9 Å². The lowest BCUT2D eigenvalue weighted by molar-refractivity contribution is -0.128. The first-order valence-corrected chi connectivity index (χ1v) is 15.1. The molecule has 3 aromatic rings. The van der Waals surface area contributed by atoms with Gasteiger partial charge in [0.15, 0.2) is 0 Å². The van der Waals surface area contributed by atoms with E-state index in [1.54, 1.807) is 18.2 Å². The summed E-state index contributed by atoms with van der Waals surface area (Å²) in [6.07, 6.45) is 2.12. The van der Waals surface area contributed by atoms with E-state index < -0.39 is 22.0 Å². The second-order valence-electron chi connectivity index (χ2n) is 10.7. The van der Waals surface area contributed by atoms with Gasteiger partial charge in [-0.05, 0) is 70.1 Å². The van der Waals surface area contributed by atoms with Crippen molar-refractivity contribution < 1.29 is 18.0 Å². The van der Waals surface area contributed by atoms with E-state index in [1.165, 1.54) is 16.4 Å². The van der Waals surface area contributed by atoms with E-state index in [-0.39, 0.29) is 47.3 Å². The van der Waals surface area contributed by atoms with Gasteiger partial charge in [0.25, 0.3) is 5.91 Å². The van der Waals surface area contributed by atoms with Gasteiger partial charge in [0, 0.05) is 42.6 Å². The van der Waals surface area contributed by atoms with Crippen LogP contribution in [0.25, 0.3) is 10.9 Å². The number of aromatic amines is 1. The minimum atomic E-state index is -3.93. The van der Waals surface area contributed by atoms with Crippen molar-refractivity contribution in [2.24, 2.45) is 5.92 Å². The lowest BCUT2D eigenvalue weighted by Crippen LogP contribution is -2.58. The molecule has 2 aromatic carbocycles. The Balaban J connectivity index is 1.38. The minimum absolute atomic E-state index is 0.00980. The molecule has 0 aliphatic carbocycles. The number of nitrogens with zero attached hydrogens (tertiary/aromatic N) is 2. The summed E-state index contributed by atoms with van der Waals surface area (Å²) in [4.78, 5) is 32.2. The zero-order valence-electron chi connectivity index (χ0n) is 22.1. The van der Waals surface area contributed by atoms with Gasteiger partial charge < -0.3 is 20.5 Å². The summed E-state index contributed by atoms with van der Waals surface area (Å²) in [6, 6.07) is 13.4. The topological polar surface area (TPSA) is 115 Å². The smallest absolute Gasteiger partial charge is 0.267 e. The van der Waals surface area contributed by atoms with Crippen LogP contribution >= 0.6 is 11.6 Å². The maximum absolute atomic E-state index is 13.6. The molecule has 2 saturated heterocycles. The summed E-state index contributed by atoms with van der Waals surface area (Å²) in [5.74, 6) is -1.35. The van der Waals surface area contributed by atoms with Crippen LogP contribution in [0.5, 0.6) is 0 Å². The zero-order chi connectivity index (χ0) is 27.7. The van der Waals surface area contributed by atoms with E-state index in [0.717, 1.165) is 42.4 Å². The third-order valence-electron chi connectivity index (χ3n) is 7.68. The second-order valence-corrected chi connectivity index (χ2v) is 13.0. The highest BCUT2D eigenvalue weighted by Crippen LogP contribution is 2.29. The summed E-state index contributed by atoms with van der Waals surface area (Å²) in [6.45, 7) is 3.79. The molecule has 2 aliphatic rings. The number of aromatic nitrogens is 1. The fraction of sp³-hybridized carbons (Fsp3) is 0.429. The van der Waals surface area contributed by atoms with Gasteiger partial charge in [0.05, 0.1) is 10.9 Å². The standard InChI is InChI=1S/C28H34ClN5O4S/c1-18-9-10-23-19(14-18)15-25(31-23)28(36)32-24-11-13-34(39(37,38)26-8-4-3-7-22(26)29)17-21(24)27(35)30-20-6-5-12-33(2)16-20/h3-4,7-10,14-15,20-21,24,31H,5-6,11-13,16-17H2,1-2H3,(H,30,35)(H,32,36)/t20-,21-,24-/m0/s1. The molecule has 11 heteroatoms. The van der Waals surface area contributed by atoms with Gasteiger partial charge in [-0.25, -0.2) is 8.42 Å². The summed E-state index contributed by atoms with van der Waals surface area (Å²) in [7, 11) is -1.92. The molecule has 0 bridgehead atoms. The van der Waals surface area contributed by atoms with E-state index in [2.05, 4.69) is 20.5 Å². The third kappa shape index (κ3) is 5.99. The summed E-state index contributed by atoms with van der Waals surface area (Å²) < 4.78 is 28.3. The molecule has 0 radical (unpaired) electrons. The molecule has 2 amide bonds. The average Bonchev–Trinajstić information content (AvgIpc) is 3.32. The predicted octanol–water partition coefficient (Wildman–Crippen LogP) is 3.15. The first-order valence-electron chi connectivity index (χ1n) is 13.3. The van der Waals surface area contributed by atoms with Gasteiger partial charge in [-0.1, -0.05) is 35.4 Å². The number of aryl methyl sites for hydroxylation is 1. The van der Waals surface area contributed by atoms with E-state index in [4.69, 9.17) is 11.6 Å². The number of likely N-dealkylation sites (tertiary alicyclic amines) is 1. The zero-order valence-corrected chi connectivity index (χ0v) is 23.7. The molecule has 0 unspecified atom stereocenters. The van der Waals surface area contributed by atoms with Crippen molar-refractivity contribution in [2.45, 2.75) is 43.2 Å². The Morgan fingerprint density at radius 3 is 2.59 bits per heavy atom. The van der Waals surface area contributed by atoms with Crippen LogP contribution < -0.4 is 10.6 Å². The summed E-state index contributed by atoms with van der Waals surface area (Å²) >= 11 is 6.23. The number of nitrogens with one attached hydrogen (secondary N) is 3. The molecule has 2 aliphatic heterocycles. The lowest BCUT2D eigenvalue weighted by atomic mass is 9.91. The molecular formula is C28H34ClN5O4S. The monoisotopic (exact) mass is 571 g/mol. The van der Waals surface area contributed by atoms with Crippen molar-refractivity contribution in [2.75, 3.05) is 33.2 Å². The molecule has 2 fully saturated rings. The number of hydrogen-bond acceptors (Lipinski definition) is 5. The first kappa shape index (κ1) is 27.6. The number of piperidine rings is 2. The van der Waals surface area contributed by atoms with Crippen molar-refractivity contribution in [1.82, 2.24) is 24.8 Å². The maximum atomic E-state index is 13.6. The Hall–Kier alpha value is -2.92. The molecule has 1 aromatic heterocycles. The van der Waals surface area contributed by atoms with E-state index in [1.807, 2.05) is 32.2 Å². The molecule has 5 rings (SSSR count). The number of benzene rings is 2. The van der Waals surface area contributed by atoms with Crippen LogP contribution in [0.2, 0.25) is 5.02 Å². The predicted molar refractivity (Wildman–Crippen MR) is 151 cm³/mol. The normalized spacial score (nSPS) is 23.0. The van der Waals surface area contributed by atoms with Crippen molar-refractivity contribution in [3.05, 3.63) is 64.8 Å². The van der Waals surface area contributed by atoms with Crippen LogP contribution in [0.4, 0.5) is 0 Å². The van der Waals surface area contributed by atoms with Crippen molar-refractivity contribution >= 4 is 44.3 Å². The quantitative estimate of drug-likeness (QED) is 0.420. The Morgan fingerprint density at radius 1 is 1.03 bits per heavy atom. The van der Waals surface area contributed by atoms with Crippen molar-refractivity contribution in [3.63, 3.8) is 0 Å². The number of fused-ring (bicyclic) bond motifs is 1. The van der Waals surface area contributed by atoms with Crippen LogP contribution in [-0.2, 0) is 14.8 Å². The number of amides is 2. The van der Waals surface area contributed by atoms with E-state index >= 15 is 0 Å². The van der Waals surface area contributed by atoms with Gasteiger partial charge >= 0.3 is 0 Å². The fourth-order valence-corrected chi connectivity index (χ4v) is 7.56. The number of carbonyl (C=O) groups is 2. The van der Waals surface area contributed by atoms with Crippen LogP contribution in [0, 0.1) is 12.8 Å². The number of halogens is 1. The first-order chi connectivity index (χ1) is 18.6. The average molecular weight is 572 g/mol. The van der Waals surface area contributed by atoms with E-state index in [0.29, 0.717) is 5.69 Å². The number of H-pyrrole nitrogens is 1. The van der Waals surface area contributed by atoms with Gasteiger partial charge in [-0.3, -0.25) is 9.59 Å². The van der Waals surface area contributed by atoms with Crippen molar-refractivity contribution in [3.8, 4) is 0 Å². The Morgan fingerprint density at radius 2 is 1.82 bits per heavy atom. The summed E-state index contributed by atoms with van der Waals surface area (Å²) in [5.41, 5.74) is 2.34. The number of hydrogen-bond donors (Lipinski definition) is 3. The molecule has 39 heavy (non-hydrogen) atoms. The van der Waals surface area contributed by atoms with Crippen LogP contribution in [0.1, 0.15) is 35.3 Å². The number of likely N-dealkylation sites (N-methyl/N-ethyl adjacent to an activating group) is 1. The fourth-order valence-electron chi connectivity index (χ4n) is 5.58. The van der Waals surface area contributed by atoms with Gasteiger partial charge in [-0.15, -0.1) is 0 Å². The molecule has 9 nitrogen and oxygen atoms in total. The molecular weight excluding hydrogens is 538 g/mol. The van der Waals surface area contributed by atoms with Gasteiger partial charge in [-0.2, -0.15) is 4.31 Å². The largest absolute Gasteiger partial charge is 0.352 e. The third-order valence-corrected chi connectivity index (χ3v) is 10.0. The molecule has 0 spiro atoms. The number of sulfonamides is 1. The minimum Gasteiger partial charge on any atom is -0.352 e. The Kier molecular flexibility index (Phi) is 8.00. The highest BCUT2D eigenvalue weighted by atomic mass is 35.5. The van der Waals surface area contributed by atoms with Crippen LogP contribution in [0.3, 0.4) is 0 Å². The highest BCUT2D eigenvalue weighted by Gasteiger charge is 2.41. The summed E-state index contributed by atoms with van der Waals surface area (Å²) in [5, 5.41) is 7.21. The SMILES string of the molecule is Cc1ccc2[nH]c(C(=O)N[C@H]3CCN(S(=O)(=O)c4ccccc4Cl)C[C@@H]3C(=O)N[C@H]3CCCN(C)C3)cc2c1. The van der Waals surface area contributed by atoms with E-state index in [9.17, 15) is 18.0 Å².